The normalized spacial score (nSPS) is 15.6. The Morgan fingerprint density at radius 3 is 2.62 bits per heavy atom. The summed E-state index contributed by atoms with van der Waals surface area (Å²) >= 11 is 0. The monoisotopic (exact) mass is 354 g/mol. The molecule has 3 rings (SSSR count). The van der Waals surface area contributed by atoms with Crippen molar-refractivity contribution in [3.8, 4) is 5.69 Å². The number of nitrogens with zero attached hydrogens (tertiary/aromatic N) is 2. The summed E-state index contributed by atoms with van der Waals surface area (Å²) in [7, 11) is 0. The molecule has 1 atom stereocenters. The van der Waals surface area contributed by atoms with Crippen LogP contribution in [0.4, 0.5) is 0 Å². The van der Waals surface area contributed by atoms with Crippen molar-refractivity contribution in [2.45, 2.75) is 45.1 Å². The second-order valence-electron chi connectivity index (χ2n) is 6.85. The number of amides is 2. The number of benzene rings is 1. The number of carbonyl (C=O) groups excluding carboxylic acids is 2. The van der Waals surface area contributed by atoms with E-state index in [4.69, 9.17) is 0 Å². The van der Waals surface area contributed by atoms with Crippen LogP contribution in [0.3, 0.4) is 0 Å². The second kappa shape index (κ2) is 8.65. The maximum absolute atomic E-state index is 12.5. The van der Waals surface area contributed by atoms with Gasteiger partial charge in [-0.25, -0.2) is 4.68 Å². The molecule has 2 amide bonds. The SMILES string of the molecule is CC(=O)N[C@H](C(=O)NCCc1ccn(-c2ccccc2)n1)C1CCCC1. The van der Waals surface area contributed by atoms with Crippen LogP contribution in [0.1, 0.15) is 38.3 Å². The summed E-state index contributed by atoms with van der Waals surface area (Å²) in [6, 6.07) is 11.5. The molecule has 0 unspecified atom stereocenters. The minimum atomic E-state index is -0.420. The number of carbonyl (C=O) groups is 2. The van der Waals surface area contributed by atoms with Crippen LogP contribution in [0.15, 0.2) is 42.6 Å². The Morgan fingerprint density at radius 2 is 1.92 bits per heavy atom. The molecule has 26 heavy (non-hydrogen) atoms. The molecule has 0 saturated heterocycles. The number of aromatic nitrogens is 2. The number of hydrogen-bond acceptors (Lipinski definition) is 3. The minimum Gasteiger partial charge on any atom is -0.354 e. The maximum Gasteiger partial charge on any atom is 0.242 e. The quantitative estimate of drug-likeness (QED) is 0.800. The first-order chi connectivity index (χ1) is 12.6. The zero-order valence-electron chi connectivity index (χ0n) is 15.1. The Balaban J connectivity index is 1.52. The first kappa shape index (κ1) is 18.2. The van der Waals surface area contributed by atoms with Crippen molar-refractivity contribution in [3.63, 3.8) is 0 Å². The standard InChI is InChI=1S/C20H26N4O2/c1-15(25)22-19(16-7-5-6-8-16)20(26)21-13-11-17-12-14-24(23-17)18-9-3-2-4-10-18/h2-4,9-10,12,14,16,19H,5-8,11,13H2,1H3,(H,21,26)(H,22,25)/t19-/m0/s1. The topological polar surface area (TPSA) is 76.0 Å². The van der Waals surface area contributed by atoms with Gasteiger partial charge in [0.2, 0.25) is 11.8 Å². The molecule has 2 N–H and O–H groups in total. The molecule has 6 heteroatoms. The molecule has 0 bridgehead atoms. The van der Waals surface area contributed by atoms with Crippen LogP contribution in [0, 0.1) is 5.92 Å². The molecule has 1 heterocycles. The molecular formula is C20H26N4O2. The van der Waals surface area contributed by atoms with Gasteiger partial charge in [-0.2, -0.15) is 5.10 Å². The van der Waals surface area contributed by atoms with E-state index in [1.807, 2.05) is 47.3 Å². The molecule has 1 fully saturated rings. The van der Waals surface area contributed by atoms with Gasteiger partial charge in [0.05, 0.1) is 11.4 Å². The van der Waals surface area contributed by atoms with Gasteiger partial charge in [-0.15, -0.1) is 0 Å². The lowest BCUT2D eigenvalue weighted by Gasteiger charge is -2.23. The van der Waals surface area contributed by atoms with Crippen molar-refractivity contribution in [2.24, 2.45) is 5.92 Å². The van der Waals surface area contributed by atoms with Gasteiger partial charge < -0.3 is 10.6 Å². The lowest BCUT2D eigenvalue weighted by Crippen LogP contribution is -2.50. The Morgan fingerprint density at radius 1 is 1.19 bits per heavy atom. The fraction of sp³-hybridized carbons (Fsp3) is 0.450. The first-order valence-electron chi connectivity index (χ1n) is 9.28. The lowest BCUT2D eigenvalue weighted by molar-refractivity contribution is -0.129. The molecule has 138 valence electrons. The summed E-state index contributed by atoms with van der Waals surface area (Å²) in [5.41, 5.74) is 1.93. The summed E-state index contributed by atoms with van der Waals surface area (Å²) in [5, 5.41) is 10.3. The molecule has 0 aliphatic heterocycles. The van der Waals surface area contributed by atoms with Crippen molar-refractivity contribution in [3.05, 3.63) is 48.3 Å². The molecule has 6 nitrogen and oxygen atoms in total. The highest BCUT2D eigenvalue weighted by Crippen LogP contribution is 2.27. The van der Waals surface area contributed by atoms with E-state index in [-0.39, 0.29) is 17.7 Å². The highest BCUT2D eigenvalue weighted by molar-refractivity contribution is 5.87. The average molecular weight is 354 g/mol. The van der Waals surface area contributed by atoms with Gasteiger partial charge in [-0.3, -0.25) is 9.59 Å². The molecular weight excluding hydrogens is 328 g/mol. The highest BCUT2D eigenvalue weighted by Gasteiger charge is 2.31. The highest BCUT2D eigenvalue weighted by atomic mass is 16.2. The number of nitrogens with one attached hydrogen (secondary N) is 2. The van der Waals surface area contributed by atoms with Gasteiger partial charge in [0.25, 0.3) is 0 Å². The number of hydrogen-bond donors (Lipinski definition) is 2. The number of para-hydroxylation sites is 1. The Bertz CT molecular complexity index is 735. The van der Waals surface area contributed by atoms with E-state index >= 15 is 0 Å². The Labute approximate surface area is 154 Å². The van der Waals surface area contributed by atoms with Gasteiger partial charge in [-0.05, 0) is 37.0 Å². The third kappa shape index (κ3) is 4.71. The van der Waals surface area contributed by atoms with Crippen LogP contribution in [0.2, 0.25) is 0 Å². The molecule has 1 aliphatic rings. The maximum atomic E-state index is 12.5. The van der Waals surface area contributed by atoms with E-state index in [1.165, 1.54) is 6.92 Å². The molecule has 1 aliphatic carbocycles. The van der Waals surface area contributed by atoms with Gasteiger partial charge in [0.15, 0.2) is 0 Å². The zero-order valence-corrected chi connectivity index (χ0v) is 15.1. The average Bonchev–Trinajstić information content (AvgIpc) is 3.32. The Kier molecular flexibility index (Phi) is 6.04. The summed E-state index contributed by atoms with van der Waals surface area (Å²) < 4.78 is 1.83. The van der Waals surface area contributed by atoms with Gasteiger partial charge >= 0.3 is 0 Å². The van der Waals surface area contributed by atoms with Crippen LogP contribution in [-0.2, 0) is 16.0 Å². The van der Waals surface area contributed by atoms with Crippen LogP contribution in [-0.4, -0.2) is 34.2 Å². The van der Waals surface area contributed by atoms with Gasteiger partial charge in [-0.1, -0.05) is 31.0 Å². The minimum absolute atomic E-state index is 0.0883. The van der Waals surface area contributed by atoms with Crippen LogP contribution in [0.25, 0.3) is 5.69 Å². The van der Waals surface area contributed by atoms with Crippen molar-refractivity contribution in [2.75, 3.05) is 6.54 Å². The van der Waals surface area contributed by atoms with E-state index in [9.17, 15) is 9.59 Å². The van der Waals surface area contributed by atoms with E-state index in [2.05, 4.69) is 15.7 Å². The number of rotatable bonds is 7. The smallest absolute Gasteiger partial charge is 0.242 e. The molecule has 1 aromatic heterocycles. The third-order valence-electron chi connectivity index (χ3n) is 4.86. The van der Waals surface area contributed by atoms with Crippen LogP contribution < -0.4 is 10.6 Å². The summed E-state index contributed by atoms with van der Waals surface area (Å²) in [4.78, 5) is 24.0. The summed E-state index contributed by atoms with van der Waals surface area (Å²) in [5.74, 6) is 0.00411. The summed E-state index contributed by atoms with van der Waals surface area (Å²) in [6.45, 7) is 1.97. The van der Waals surface area contributed by atoms with E-state index < -0.39 is 6.04 Å². The van der Waals surface area contributed by atoms with Crippen LogP contribution >= 0.6 is 0 Å². The largest absolute Gasteiger partial charge is 0.354 e. The van der Waals surface area contributed by atoms with E-state index in [0.717, 1.165) is 37.1 Å². The fourth-order valence-corrected chi connectivity index (χ4v) is 3.55. The van der Waals surface area contributed by atoms with Crippen molar-refractivity contribution in [1.29, 1.82) is 0 Å². The van der Waals surface area contributed by atoms with Gasteiger partial charge in [0.1, 0.15) is 6.04 Å². The first-order valence-corrected chi connectivity index (χ1v) is 9.28. The third-order valence-corrected chi connectivity index (χ3v) is 4.86. The predicted octanol–water partition coefficient (Wildman–Crippen LogP) is 2.23. The van der Waals surface area contributed by atoms with Crippen molar-refractivity contribution >= 4 is 11.8 Å². The van der Waals surface area contributed by atoms with E-state index in [1.54, 1.807) is 0 Å². The molecule has 1 aromatic carbocycles. The molecule has 1 saturated carbocycles. The molecule has 2 aromatic rings. The Hall–Kier alpha value is -2.63. The molecule has 0 radical (unpaired) electrons. The molecule has 0 spiro atoms. The zero-order chi connectivity index (χ0) is 18.4. The van der Waals surface area contributed by atoms with E-state index in [0.29, 0.717) is 13.0 Å². The predicted molar refractivity (Wildman–Crippen MR) is 99.8 cm³/mol. The van der Waals surface area contributed by atoms with Gasteiger partial charge in [0, 0.05) is 26.1 Å². The van der Waals surface area contributed by atoms with Crippen molar-refractivity contribution < 1.29 is 9.59 Å². The summed E-state index contributed by atoms with van der Waals surface area (Å²) in [6.07, 6.45) is 6.84. The second-order valence-corrected chi connectivity index (χ2v) is 6.85. The van der Waals surface area contributed by atoms with Crippen LogP contribution in [0.5, 0.6) is 0 Å². The van der Waals surface area contributed by atoms with Crippen molar-refractivity contribution in [1.82, 2.24) is 20.4 Å². The fourth-order valence-electron chi connectivity index (χ4n) is 3.55. The lowest BCUT2D eigenvalue weighted by atomic mass is 9.97.